The van der Waals surface area contributed by atoms with Crippen LogP contribution in [0, 0.1) is 0 Å². The molecule has 2 N–H and O–H groups in total. The van der Waals surface area contributed by atoms with Crippen molar-refractivity contribution in [2.24, 2.45) is 12.8 Å². The smallest absolute Gasteiger partial charge is 0.0722 e. The van der Waals surface area contributed by atoms with Crippen LogP contribution in [-0.2, 0) is 23.7 Å². The number of piperidine rings is 1. The number of aromatic nitrogens is 2. The number of hydrogen-bond donors (Lipinski definition) is 1. The third-order valence-corrected chi connectivity index (χ3v) is 4.38. The van der Waals surface area contributed by atoms with Gasteiger partial charge in [-0.3, -0.25) is 9.58 Å². The van der Waals surface area contributed by atoms with Gasteiger partial charge in [-0.1, -0.05) is 20.8 Å². The molecule has 1 aromatic rings. The number of methoxy groups -OCH3 is 1. The Bertz CT molecular complexity index is 463. The zero-order valence-corrected chi connectivity index (χ0v) is 14.1. The van der Waals surface area contributed by atoms with Gasteiger partial charge in [0.15, 0.2) is 0 Å². The molecule has 1 aliphatic heterocycles. The molecule has 2 rings (SSSR count). The molecule has 1 aromatic heterocycles. The minimum atomic E-state index is 0.0691. The van der Waals surface area contributed by atoms with Crippen molar-refractivity contribution < 1.29 is 4.74 Å². The first-order valence-electron chi connectivity index (χ1n) is 7.85. The van der Waals surface area contributed by atoms with E-state index < -0.39 is 0 Å². The minimum absolute atomic E-state index is 0.0691. The van der Waals surface area contributed by atoms with Crippen LogP contribution in [0.25, 0.3) is 0 Å². The van der Waals surface area contributed by atoms with Crippen molar-refractivity contribution in [3.8, 4) is 0 Å². The summed E-state index contributed by atoms with van der Waals surface area (Å²) in [5.41, 5.74) is 8.55. The average Bonchev–Trinajstić information content (AvgIpc) is 2.80. The van der Waals surface area contributed by atoms with Crippen molar-refractivity contribution in [1.29, 1.82) is 0 Å². The molecule has 5 nitrogen and oxygen atoms in total. The van der Waals surface area contributed by atoms with Gasteiger partial charge in [0.25, 0.3) is 0 Å². The Kier molecular flexibility index (Phi) is 5.07. The lowest BCUT2D eigenvalue weighted by Gasteiger charge is -2.38. The maximum Gasteiger partial charge on any atom is 0.0722 e. The Morgan fingerprint density at radius 3 is 2.71 bits per heavy atom. The SMILES string of the molecule is COC1CCN(Cc2cn(C)nc2C(C)(C)C)C(CN)C1. The normalized spacial score (nSPS) is 24.5. The molecule has 21 heavy (non-hydrogen) atoms. The monoisotopic (exact) mass is 294 g/mol. The number of rotatable bonds is 4. The quantitative estimate of drug-likeness (QED) is 0.917. The van der Waals surface area contributed by atoms with E-state index in [4.69, 9.17) is 10.5 Å². The molecule has 2 unspecified atom stereocenters. The molecule has 0 aromatic carbocycles. The summed E-state index contributed by atoms with van der Waals surface area (Å²) in [5, 5.41) is 4.66. The van der Waals surface area contributed by atoms with Gasteiger partial charge in [0.1, 0.15) is 0 Å². The van der Waals surface area contributed by atoms with E-state index >= 15 is 0 Å². The fraction of sp³-hybridized carbons (Fsp3) is 0.812. The van der Waals surface area contributed by atoms with E-state index in [1.165, 1.54) is 11.3 Å². The van der Waals surface area contributed by atoms with E-state index in [1.54, 1.807) is 7.11 Å². The number of nitrogens with zero attached hydrogens (tertiary/aromatic N) is 3. The van der Waals surface area contributed by atoms with E-state index in [2.05, 4.69) is 37.0 Å². The Balaban J connectivity index is 2.14. The first kappa shape index (κ1) is 16.5. The third-order valence-electron chi connectivity index (χ3n) is 4.38. The maximum atomic E-state index is 5.98. The number of likely N-dealkylation sites (tertiary alicyclic amines) is 1. The first-order valence-corrected chi connectivity index (χ1v) is 7.85. The van der Waals surface area contributed by atoms with Crippen LogP contribution in [-0.4, -0.2) is 47.0 Å². The van der Waals surface area contributed by atoms with Crippen molar-refractivity contribution in [3.63, 3.8) is 0 Å². The van der Waals surface area contributed by atoms with Crippen LogP contribution in [0.15, 0.2) is 6.20 Å². The van der Waals surface area contributed by atoms with E-state index in [1.807, 2.05) is 11.7 Å². The zero-order valence-electron chi connectivity index (χ0n) is 14.1. The Morgan fingerprint density at radius 1 is 1.43 bits per heavy atom. The topological polar surface area (TPSA) is 56.3 Å². The van der Waals surface area contributed by atoms with Crippen LogP contribution in [0.4, 0.5) is 0 Å². The summed E-state index contributed by atoms with van der Waals surface area (Å²) in [6.45, 7) is 9.31. The molecule has 0 radical (unpaired) electrons. The van der Waals surface area contributed by atoms with Crippen LogP contribution in [0.2, 0.25) is 0 Å². The van der Waals surface area contributed by atoms with Gasteiger partial charge in [-0.05, 0) is 12.8 Å². The van der Waals surface area contributed by atoms with Crippen molar-refractivity contribution in [2.45, 2.75) is 57.7 Å². The number of aryl methyl sites for hydroxylation is 1. The van der Waals surface area contributed by atoms with Crippen molar-refractivity contribution >= 4 is 0 Å². The van der Waals surface area contributed by atoms with E-state index in [-0.39, 0.29) is 5.41 Å². The fourth-order valence-corrected chi connectivity index (χ4v) is 3.23. The zero-order chi connectivity index (χ0) is 15.6. The summed E-state index contributed by atoms with van der Waals surface area (Å²) in [6, 6.07) is 0.400. The van der Waals surface area contributed by atoms with Gasteiger partial charge in [-0.15, -0.1) is 0 Å². The van der Waals surface area contributed by atoms with Gasteiger partial charge in [0, 0.05) is 57.0 Å². The minimum Gasteiger partial charge on any atom is -0.381 e. The van der Waals surface area contributed by atoms with Crippen LogP contribution < -0.4 is 5.73 Å². The standard InChI is InChI=1S/C16H30N4O/c1-16(2,3)15-12(10-19(4)18-15)11-20-7-6-14(21-5)8-13(20)9-17/h10,13-14H,6-9,11,17H2,1-5H3. The lowest BCUT2D eigenvalue weighted by molar-refractivity contribution is 0.0100. The molecule has 0 amide bonds. The van der Waals surface area contributed by atoms with E-state index in [0.29, 0.717) is 18.7 Å². The van der Waals surface area contributed by atoms with Crippen LogP contribution in [0.5, 0.6) is 0 Å². The lowest BCUT2D eigenvalue weighted by atomic mass is 9.89. The highest BCUT2D eigenvalue weighted by Crippen LogP contribution is 2.27. The molecule has 0 spiro atoms. The van der Waals surface area contributed by atoms with E-state index in [0.717, 1.165) is 25.9 Å². The van der Waals surface area contributed by atoms with Gasteiger partial charge in [0.05, 0.1) is 11.8 Å². The van der Waals surface area contributed by atoms with Gasteiger partial charge in [0.2, 0.25) is 0 Å². The van der Waals surface area contributed by atoms with Gasteiger partial charge in [-0.2, -0.15) is 5.10 Å². The van der Waals surface area contributed by atoms with Crippen molar-refractivity contribution in [2.75, 3.05) is 20.2 Å². The summed E-state index contributed by atoms with van der Waals surface area (Å²) in [4.78, 5) is 2.49. The molecule has 1 fully saturated rings. The highest BCUT2D eigenvalue weighted by atomic mass is 16.5. The molecule has 120 valence electrons. The first-order chi connectivity index (χ1) is 9.85. The maximum absolute atomic E-state index is 5.98. The Labute approximate surface area is 128 Å². The highest BCUT2D eigenvalue weighted by molar-refractivity contribution is 5.24. The average molecular weight is 294 g/mol. The lowest BCUT2D eigenvalue weighted by Crippen LogP contribution is -2.48. The van der Waals surface area contributed by atoms with Gasteiger partial charge < -0.3 is 10.5 Å². The molecule has 2 heterocycles. The largest absolute Gasteiger partial charge is 0.381 e. The predicted molar refractivity (Wildman–Crippen MR) is 85.2 cm³/mol. The predicted octanol–water partition coefficient (Wildman–Crippen LogP) is 1.66. The number of ether oxygens (including phenoxy) is 1. The highest BCUT2D eigenvalue weighted by Gasteiger charge is 2.30. The third kappa shape index (κ3) is 3.84. The Hall–Kier alpha value is -0.910. The summed E-state index contributed by atoms with van der Waals surface area (Å²) >= 11 is 0. The summed E-state index contributed by atoms with van der Waals surface area (Å²) in [6.07, 6.45) is 4.61. The van der Waals surface area contributed by atoms with Crippen LogP contribution >= 0.6 is 0 Å². The molecule has 1 saturated heterocycles. The van der Waals surface area contributed by atoms with Gasteiger partial charge in [-0.25, -0.2) is 0 Å². The fourth-order valence-electron chi connectivity index (χ4n) is 3.23. The number of nitrogens with two attached hydrogens (primary N) is 1. The number of hydrogen-bond acceptors (Lipinski definition) is 4. The molecular formula is C16H30N4O. The van der Waals surface area contributed by atoms with Crippen LogP contribution in [0.3, 0.4) is 0 Å². The molecule has 5 heteroatoms. The molecular weight excluding hydrogens is 264 g/mol. The molecule has 0 aliphatic carbocycles. The molecule has 2 atom stereocenters. The van der Waals surface area contributed by atoms with Crippen LogP contribution in [0.1, 0.15) is 44.9 Å². The van der Waals surface area contributed by atoms with Crippen molar-refractivity contribution in [1.82, 2.24) is 14.7 Å². The van der Waals surface area contributed by atoms with Crippen molar-refractivity contribution in [3.05, 3.63) is 17.5 Å². The van der Waals surface area contributed by atoms with Gasteiger partial charge >= 0.3 is 0 Å². The summed E-state index contributed by atoms with van der Waals surface area (Å²) in [5.74, 6) is 0. The molecule has 0 saturated carbocycles. The Morgan fingerprint density at radius 2 is 2.14 bits per heavy atom. The molecule has 0 bridgehead atoms. The van der Waals surface area contributed by atoms with E-state index in [9.17, 15) is 0 Å². The second-order valence-electron chi connectivity index (χ2n) is 7.17. The second kappa shape index (κ2) is 6.46. The second-order valence-corrected chi connectivity index (χ2v) is 7.17. The molecule has 1 aliphatic rings. The summed E-state index contributed by atoms with van der Waals surface area (Å²) in [7, 11) is 3.79. The summed E-state index contributed by atoms with van der Waals surface area (Å²) < 4.78 is 7.43.